The van der Waals surface area contributed by atoms with Gasteiger partial charge >= 0.3 is 12.6 Å². The van der Waals surface area contributed by atoms with Crippen LogP contribution in [0.4, 0.5) is 8.78 Å². The topological polar surface area (TPSA) is 54.0 Å². The summed E-state index contributed by atoms with van der Waals surface area (Å²) in [7, 11) is 3.12. The van der Waals surface area contributed by atoms with Crippen LogP contribution < -0.4 is 14.2 Å². The molecule has 146 valence electrons. The molecular formula is C20H22F2O5. The number of ether oxygens (including phenoxy) is 4. The molecule has 0 fully saturated rings. The minimum absolute atomic E-state index is 0.0549. The molecule has 2 aromatic rings. The predicted octanol–water partition coefficient (Wildman–Crippen LogP) is 4.54. The second-order valence-corrected chi connectivity index (χ2v) is 5.80. The van der Waals surface area contributed by atoms with Gasteiger partial charge in [0.2, 0.25) is 0 Å². The first-order valence-corrected chi connectivity index (χ1v) is 8.37. The van der Waals surface area contributed by atoms with E-state index in [2.05, 4.69) is 4.74 Å². The van der Waals surface area contributed by atoms with E-state index in [-0.39, 0.29) is 18.1 Å². The first-order chi connectivity index (χ1) is 12.9. The third-order valence-corrected chi connectivity index (χ3v) is 3.91. The molecule has 0 heterocycles. The zero-order valence-corrected chi connectivity index (χ0v) is 15.4. The van der Waals surface area contributed by atoms with Crippen LogP contribution >= 0.6 is 0 Å². The molecule has 0 radical (unpaired) electrons. The van der Waals surface area contributed by atoms with Crippen LogP contribution in [0.3, 0.4) is 0 Å². The SMILES string of the molecule is COc1cc(CCC(=O)OC(C)c2ccc(OC(F)F)cc2)cc(OC)c1. The molecule has 0 saturated heterocycles. The summed E-state index contributed by atoms with van der Waals surface area (Å²) >= 11 is 0. The maximum absolute atomic E-state index is 12.2. The minimum Gasteiger partial charge on any atom is -0.497 e. The Kier molecular flexibility index (Phi) is 7.40. The van der Waals surface area contributed by atoms with Gasteiger partial charge in [-0.15, -0.1) is 0 Å². The van der Waals surface area contributed by atoms with E-state index in [1.54, 1.807) is 39.3 Å². The van der Waals surface area contributed by atoms with Crippen molar-refractivity contribution in [2.24, 2.45) is 0 Å². The number of benzene rings is 2. The van der Waals surface area contributed by atoms with Crippen molar-refractivity contribution in [2.45, 2.75) is 32.5 Å². The van der Waals surface area contributed by atoms with E-state index in [9.17, 15) is 13.6 Å². The summed E-state index contributed by atoms with van der Waals surface area (Å²) < 4.78 is 44.4. The van der Waals surface area contributed by atoms with E-state index in [0.29, 0.717) is 23.5 Å². The van der Waals surface area contributed by atoms with Gasteiger partial charge in [-0.25, -0.2) is 0 Å². The fourth-order valence-corrected chi connectivity index (χ4v) is 2.50. The Labute approximate surface area is 156 Å². The first-order valence-electron chi connectivity index (χ1n) is 8.37. The molecule has 7 heteroatoms. The van der Waals surface area contributed by atoms with Crippen molar-refractivity contribution in [3.63, 3.8) is 0 Å². The van der Waals surface area contributed by atoms with Crippen molar-refractivity contribution >= 4 is 5.97 Å². The standard InChI is InChI=1S/C20H22F2O5/c1-13(15-5-7-16(8-6-15)27-20(21)22)26-19(23)9-4-14-10-17(24-2)12-18(11-14)25-3/h5-8,10-13,20H,4,9H2,1-3H3. The number of methoxy groups -OCH3 is 2. The lowest BCUT2D eigenvalue weighted by atomic mass is 10.1. The molecule has 0 aliphatic carbocycles. The summed E-state index contributed by atoms with van der Waals surface area (Å²) in [4.78, 5) is 12.1. The Hall–Kier alpha value is -2.83. The summed E-state index contributed by atoms with van der Waals surface area (Å²) in [6, 6.07) is 11.4. The highest BCUT2D eigenvalue weighted by molar-refractivity contribution is 5.70. The maximum Gasteiger partial charge on any atom is 0.387 e. The molecule has 1 unspecified atom stereocenters. The Morgan fingerprint density at radius 1 is 0.963 bits per heavy atom. The Balaban J connectivity index is 1.89. The summed E-state index contributed by atoms with van der Waals surface area (Å²) in [5.41, 5.74) is 1.58. The molecule has 1 atom stereocenters. The molecule has 0 saturated carbocycles. The Morgan fingerprint density at radius 2 is 1.56 bits per heavy atom. The molecule has 5 nitrogen and oxygen atoms in total. The van der Waals surface area contributed by atoms with Crippen LogP contribution in [0.15, 0.2) is 42.5 Å². The van der Waals surface area contributed by atoms with Crippen LogP contribution in [0.5, 0.6) is 17.2 Å². The van der Waals surface area contributed by atoms with Crippen LogP contribution in [0.25, 0.3) is 0 Å². The molecule has 0 aromatic heterocycles. The largest absolute Gasteiger partial charge is 0.497 e. The lowest BCUT2D eigenvalue weighted by Gasteiger charge is -2.14. The van der Waals surface area contributed by atoms with Gasteiger partial charge in [-0.2, -0.15) is 8.78 Å². The predicted molar refractivity (Wildman–Crippen MR) is 95.4 cm³/mol. The quantitative estimate of drug-likeness (QED) is 0.598. The van der Waals surface area contributed by atoms with E-state index < -0.39 is 12.7 Å². The van der Waals surface area contributed by atoms with E-state index in [4.69, 9.17) is 14.2 Å². The average molecular weight is 380 g/mol. The smallest absolute Gasteiger partial charge is 0.387 e. The highest BCUT2D eigenvalue weighted by Crippen LogP contribution is 2.25. The summed E-state index contributed by atoms with van der Waals surface area (Å²) in [5, 5.41) is 0. The van der Waals surface area contributed by atoms with Gasteiger partial charge in [-0.3, -0.25) is 4.79 Å². The number of carbonyl (C=O) groups is 1. The normalized spacial score (nSPS) is 11.8. The van der Waals surface area contributed by atoms with E-state index in [1.165, 1.54) is 12.1 Å². The van der Waals surface area contributed by atoms with Gasteiger partial charge in [0.1, 0.15) is 23.4 Å². The van der Waals surface area contributed by atoms with Gasteiger partial charge in [-0.1, -0.05) is 12.1 Å². The summed E-state index contributed by atoms with van der Waals surface area (Å²) in [6.45, 7) is -1.16. The van der Waals surface area contributed by atoms with Gasteiger partial charge in [0.15, 0.2) is 0 Å². The van der Waals surface area contributed by atoms with Crippen LogP contribution in [0.2, 0.25) is 0 Å². The van der Waals surface area contributed by atoms with Gasteiger partial charge < -0.3 is 18.9 Å². The monoisotopic (exact) mass is 380 g/mol. The number of hydrogen-bond acceptors (Lipinski definition) is 5. The van der Waals surface area contributed by atoms with Crippen molar-refractivity contribution in [1.82, 2.24) is 0 Å². The number of rotatable bonds is 9. The number of carbonyl (C=O) groups excluding carboxylic acids is 1. The summed E-state index contributed by atoms with van der Waals surface area (Å²) in [5.74, 6) is 0.992. The molecule has 2 rings (SSSR count). The number of aryl methyl sites for hydroxylation is 1. The number of esters is 1. The molecule has 0 N–H and O–H groups in total. The lowest BCUT2D eigenvalue weighted by Crippen LogP contribution is -2.10. The molecule has 2 aromatic carbocycles. The zero-order chi connectivity index (χ0) is 19.8. The van der Waals surface area contributed by atoms with E-state index >= 15 is 0 Å². The third kappa shape index (κ3) is 6.44. The molecule has 0 amide bonds. The van der Waals surface area contributed by atoms with Crippen molar-refractivity contribution in [3.05, 3.63) is 53.6 Å². The first kappa shape index (κ1) is 20.5. The van der Waals surface area contributed by atoms with Gasteiger partial charge in [-0.05, 0) is 48.7 Å². The second-order valence-electron chi connectivity index (χ2n) is 5.80. The number of hydrogen-bond donors (Lipinski definition) is 0. The average Bonchev–Trinajstić information content (AvgIpc) is 2.66. The molecule has 0 bridgehead atoms. The summed E-state index contributed by atoms with van der Waals surface area (Å²) in [6.07, 6.45) is 0.158. The third-order valence-electron chi connectivity index (χ3n) is 3.91. The van der Waals surface area contributed by atoms with Crippen LogP contribution in [0.1, 0.15) is 30.6 Å². The Morgan fingerprint density at radius 3 is 2.07 bits per heavy atom. The molecular weight excluding hydrogens is 358 g/mol. The molecule has 0 aliphatic rings. The number of halogens is 2. The van der Waals surface area contributed by atoms with E-state index in [0.717, 1.165) is 5.56 Å². The molecule has 27 heavy (non-hydrogen) atoms. The van der Waals surface area contributed by atoms with Crippen molar-refractivity contribution in [1.29, 1.82) is 0 Å². The van der Waals surface area contributed by atoms with E-state index in [1.807, 2.05) is 12.1 Å². The van der Waals surface area contributed by atoms with Crippen molar-refractivity contribution < 1.29 is 32.5 Å². The second kappa shape index (κ2) is 9.75. The number of alkyl halides is 2. The maximum atomic E-state index is 12.2. The van der Waals surface area contributed by atoms with Crippen molar-refractivity contribution in [3.8, 4) is 17.2 Å². The lowest BCUT2D eigenvalue weighted by molar-refractivity contribution is -0.148. The van der Waals surface area contributed by atoms with Crippen molar-refractivity contribution in [2.75, 3.05) is 14.2 Å². The fraction of sp³-hybridized carbons (Fsp3) is 0.350. The fourth-order valence-electron chi connectivity index (χ4n) is 2.50. The zero-order valence-electron chi connectivity index (χ0n) is 15.4. The van der Waals surface area contributed by atoms with Crippen LogP contribution in [-0.2, 0) is 16.0 Å². The van der Waals surface area contributed by atoms with Gasteiger partial charge in [0.25, 0.3) is 0 Å². The van der Waals surface area contributed by atoms with Gasteiger partial charge in [0.05, 0.1) is 14.2 Å². The minimum atomic E-state index is -2.87. The molecule has 0 spiro atoms. The Bertz CT molecular complexity index is 724. The van der Waals surface area contributed by atoms with Crippen LogP contribution in [-0.4, -0.2) is 26.8 Å². The van der Waals surface area contributed by atoms with Gasteiger partial charge in [0, 0.05) is 12.5 Å². The highest BCUT2D eigenvalue weighted by atomic mass is 19.3. The molecule has 0 aliphatic heterocycles. The highest BCUT2D eigenvalue weighted by Gasteiger charge is 2.13. The van der Waals surface area contributed by atoms with Crippen LogP contribution in [0, 0.1) is 0 Å².